The minimum Gasteiger partial charge on any atom is -0.488 e. The summed E-state index contributed by atoms with van der Waals surface area (Å²) in [4.78, 5) is 7.95. The summed E-state index contributed by atoms with van der Waals surface area (Å²) in [5.74, 6) is -0.325. The molecule has 0 amide bonds. The van der Waals surface area contributed by atoms with Gasteiger partial charge in [-0.2, -0.15) is 23.5 Å². The fraction of sp³-hybridized carbons (Fsp3) is 0.143. The van der Waals surface area contributed by atoms with E-state index >= 15 is 0 Å². The SMILES string of the molecule is C=NN(C)c1cc(-c2ccc(OCc3ccncc3)c(C(F)(F)F)c2)nc(C#N)c1N. The van der Waals surface area contributed by atoms with Crippen LogP contribution in [0.5, 0.6) is 5.75 Å². The van der Waals surface area contributed by atoms with Gasteiger partial charge >= 0.3 is 6.18 Å². The van der Waals surface area contributed by atoms with Crippen molar-refractivity contribution in [2.75, 3.05) is 17.8 Å². The van der Waals surface area contributed by atoms with E-state index in [1.165, 1.54) is 35.6 Å². The molecule has 31 heavy (non-hydrogen) atoms. The Morgan fingerprint density at radius 3 is 2.55 bits per heavy atom. The molecule has 0 atom stereocenters. The molecule has 0 spiro atoms. The van der Waals surface area contributed by atoms with Crippen molar-refractivity contribution < 1.29 is 17.9 Å². The van der Waals surface area contributed by atoms with Crippen LogP contribution < -0.4 is 15.5 Å². The zero-order valence-corrected chi connectivity index (χ0v) is 16.4. The Kier molecular flexibility index (Phi) is 6.06. The highest BCUT2D eigenvalue weighted by atomic mass is 19.4. The summed E-state index contributed by atoms with van der Waals surface area (Å²) in [7, 11) is 1.54. The van der Waals surface area contributed by atoms with Gasteiger partial charge in [-0.1, -0.05) is 0 Å². The van der Waals surface area contributed by atoms with Crippen molar-refractivity contribution in [3.63, 3.8) is 0 Å². The fourth-order valence-corrected chi connectivity index (χ4v) is 2.80. The van der Waals surface area contributed by atoms with E-state index in [2.05, 4.69) is 21.8 Å². The summed E-state index contributed by atoms with van der Waals surface area (Å²) >= 11 is 0. The summed E-state index contributed by atoms with van der Waals surface area (Å²) < 4.78 is 46.6. The van der Waals surface area contributed by atoms with Crippen molar-refractivity contribution in [1.29, 1.82) is 5.26 Å². The number of benzene rings is 1. The van der Waals surface area contributed by atoms with Crippen molar-refractivity contribution in [3.05, 3.63) is 65.6 Å². The molecule has 3 rings (SSSR count). The highest BCUT2D eigenvalue weighted by Crippen LogP contribution is 2.40. The maximum absolute atomic E-state index is 13.7. The Balaban J connectivity index is 2.05. The standard InChI is InChI=1S/C21H17F3N6O/c1-27-30(2)18-10-16(29-17(11-25)20(18)26)14-3-4-19(15(9-14)21(22,23)24)31-12-13-5-7-28-8-6-13/h3-10H,1,12,26H2,2H3. The third-order valence-corrected chi connectivity index (χ3v) is 4.43. The number of pyridine rings is 2. The number of hydrogen-bond acceptors (Lipinski definition) is 7. The van der Waals surface area contributed by atoms with Crippen LogP contribution >= 0.6 is 0 Å². The molecule has 0 aliphatic heterocycles. The van der Waals surface area contributed by atoms with Gasteiger partial charge in [0.25, 0.3) is 0 Å². The van der Waals surface area contributed by atoms with Gasteiger partial charge in [-0.25, -0.2) is 4.98 Å². The minimum atomic E-state index is -4.67. The van der Waals surface area contributed by atoms with Crippen LogP contribution in [-0.2, 0) is 12.8 Å². The molecule has 2 heterocycles. The molecule has 0 bridgehead atoms. The molecule has 3 aromatic rings. The maximum Gasteiger partial charge on any atom is 0.419 e. The number of alkyl halides is 3. The van der Waals surface area contributed by atoms with Crippen LogP contribution in [0, 0.1) is 11.3 Å². The Morgan fingerprint density at radius 2 is 1.94 bits per heavy atom. The number of anilines is 2. The van der Waals surface area contributed by atoms with Gasteiger partial charge in [0, 0.05) is 31.7 Å². The van der Waals surface area contributed by atoms with Crippen molar-refractivity contribution in [1.82, 2.24) is 9.97 Å². The minimum absolute atomic E-state index is 0.0505. The van der Waals surface area contributed by atoms with E-state index in [4.69, 9.17) is 10.5 Å². The Morgan fingerprint density at radius 1 is 1.23 bits per heavy atom. The third kappa shape index (κ3) is 4.72. The van der Waals surface area contributed by atoms with E-state index in [-0.39, 0.29) is 35.0 Å². The topological polar surface area (TPSA) is 100 Å². The molecule has 10 heteroatoms. The quantitative estimate of drug-likeness (QED) is 0.467. The molecule has 1 aromatic carbocycles. The number of nitrogens with two attached hydrogens (primary N) is 1. The molecule has 2 N–H and O–H groups in total. The molecule has 7 nitrogen and oxygen atoms in total. The highest BCUT2D eigenvalue weighted by Gasteiger charge is 2.35. The van der Waals surface area contributed by atoms with Gasteiger partial charge in [0.05, 0.1) is 22.6 Å². The maximum atomic E-state index is 13.7. The lowest BCUT2D eigenvalue weighted by Crippen LogP contribution is -2.12. The third-order valence-electron chi connectivity index (χ3n) is 4.43. The first-order chi connectivity index (χ1) is 14.7. The van der Waals surface area contributed by atoms with Gasteiger partial charge in [0.1, 0.15) is 18.4 Å². The van der Waals surface area contributed by atoms with Crippen LogP contribution in [0.3, 0.4) is 0 Å². The molecule has 0 aliphatic carbocycles. The van der Waals surface area contributed by atoms with Crippen LogP contribution in [0.2, 0.25) is 0 Å². The van der Waals surface area contributed by atoms with E-state index in [0.29, 0.717) is 11.3 Å². The van der Waals surface area contributed by atoms with Crippen molar-refractivity contribution in [3.8, 4) is 23.1 Å². The molecule has 0 saturated carbocycles. The smallest absolute Gasteiger partial charge is 0.419 e. The van der Waals surface area contributed by atoms with Crippen molar-refractivity contribution >= 4 is 18.1 Å². The van der Waals surface area contributed by atoms with E-state index < -0.39 is 11.7 Å². The molecular formula is C21H17F3N6O. The number of ether oxygens (including phenoxy) is 1. The molecule has 0 aliphatic rings. The number of nitrogen functional groups attached to an aromatic ring is 1. The number of nitrogens with zero attached hydrogens (tertiary/aromatic N) is 5. The van der Waals surface area contributed by atoms with E-state index in [9.17, 15) is 18.4 Å². The summed E-state index contributed by atoms with van der Waals surface area (Å²) in [6.45, 7) is 3.34. The Bertz CT molecular complexity index is 1140. The predicted molar refractivity (Wildman–Crippen MR) is 110 cm³/mol. The van der Waals surface area contributed by atoms with Crippen LogP contribution in [0.15, 0.2) is 53.9 Å². The van der Waals surface area contributed by atoms with Gasteiger partial charge in [-0.15, -0.1) is 0 Å². The molecule has 158 valence electrons. The summed E-state index contributed by atoms with van der Waals surface area (Å²) in [6.07, 6.45) is -1.62. The van der Waals surface area contributed by atoms with E-state index in [1.807, 2.05) is 6.07 Å². The van der Waals surface area contributed by atoms with Crippen molar-refractivity contribution in [2.45, 2.75) is 12.8 Å². The number of rotatable bonds is 6. The Hall–Kier alpha value is -4.13. The molecule has 2 aromatic heterocycles. The van der Waals surface area contributed by atoms with Crippen LogP contribution in [0.4, 0.5) is 24.5 Å². The lowest BCUT2D eigenvalue weighted by molar-refractivity contribution is -0.139. The Labute approximate surface area is 176 Å². The molecule has 0 fully saturated rings. The second-order valence-electron chi connectivity index (χ2n) is 6.42. The molecule has 0 unspecified atom stereocenters. The summed E-state index contributed by atoms with van der Waals surface area (Å²) in [6, 6.07) is 10.2. The fourth-order valence-electron chi connectivity index (χ4n) is 2.80. The number of hydrazone groups is 1. The van der Waals surface area contributed by atoms with Crippen LogP contribution in [0.25, 0.3) is 11.3 Å². The normalized spacial score (nSPS) is 10.9. The van der Waals surface area contributed by atoms with Gasteiger partial charge in [0.15, 0.2) is 5.69 Å². The number of halogens is 3. The van der Waals surface area contributed by atoms with Gasteiger partial charge < -0.3 is 10.5 Å². The lowest BCUT2D eigenvalue weighted by Gasteiger charge is -2.18. The van der Waals surface area contributed by atoms with Gasteiger partial charge in [-0.05, 0) is 42.0 Å². The van der Waals surface area contributed by atoms with E-state index in [1.54, 1.807) is 19.2 Å². The number of aromatic nitrogens is 2. The van der Waals surface area contributed by atoms with Crippen LogP contribution in [-0.4, -0.2) is 23.7 Å². The van der Waals surface area contributed by atoms with Gasteiger partial charge in [-0.3, -0.25) is 9.99 Å². The number of hydrogen-bond donors (Lipinski definition) is 1. The second-order valence-corrected chi connectivity index (χ2v) is 6.42. The first kappa shape index (κ1) is 21.6. The average Bonchev–Trinajstić information content (AvgIpc) is 2.77. The zero-order chi connectivity index (χ0) is 22.6. The average molecular weight is 426 g/mol. The number of nitriles is 1. The highest BCUT2D eigenvalue weighted by molar-refractivity contribution is 5.78. The van der Waals surface area contributed by atoms with Crippen LogP contribution in [0.1, 0.15) is 16.8 Å². The molecule has 0 saturated heterocycles. The zero-order valence-electron chi connectivity index (χ0n) is 16.4. The monoisotopic (exact) mass is 426 g/mol. The largest absolute Gasteiger partial charge is 0.488 e. The molecular weight excluding hydrogens is 409 g/mol. The van der Waals surface area contributed by atoms with Crippen molar-refractivity contribution in [2.24, 2.45) is 5.10 Å². The van der Waals surface area contributed by atoms with E-state index in [0.717, 1.165) is 6.07 Å². The first-order valence-electron chi connectivity index (χ1n) is 8.89. The first-order valence-corrected chi connectivity index (χ1v) is 8.89. The lowest BCUT2D eigenvalue weighted by atomic mass is 10.0. The molecule has 0 radical (unpaired) electrons. The summed E-state index contributed by atoms with van der Waals surface area (Å²) in [5, 5.41) is 14.3. The van der Waals surface area contributed by atoms with Gasteiger partial charge in [0.2, 0.25) is 0 Å². The predicted octanol–water partition coefficient (Wildman–Crippen LogP) is 4.25. The second kappa shape index (κ2) is 8.71. The summed E-state index contributed by atoms with van der Waals surface area (Å²) in [5.41, 5.74) is 6.11.